The average Bonchev–Trinajstić information content (AvgIpc) is 3.75. The van der Waals surface area contributed by atoms with Gasteiger partial charge in [-0.15, -0.1) is 0 Å². The smallest absolute Gasteiger partial charge is 0.125 e. The maximum absolute atomic E-state index is 15.0. The van der Waals surface area contributed by atoms with Crippen molar-refractivity contribution in [3.05, 3.63) is 164 Å². The molecule has 46 heavy (non-hydrogen) atoms. The van der Waals surface area contributed by atoms with Crippen molar-refractivity contribution in [2.45, 2.75) is 0 Å². The summed E-state index contributed by atoms with van der Waals surface area (Å²) in [7, 11) is 0. The minimum atomic E-state index is -0.258. The molecule has 0 amide bonds. The fourth-order valence-corrected chi connectivity index (χ4v) is 7.72. The fraction of sp³-hybridized carbons (Fsp3) is 0. The minimum Gasteiger partial charge on any atom is -0.308 e. The highest BCUT2D eigenvalue weighted by atomic mass is 19.1. The Bertz CT molecular complexity index is 2730. The first kappa shape index (κ1) is 25.2. The molecule has 0 aliphatic carbocycles. The topological polar surface area (TPSA) is 14.8 Å². The Morgan fingerprint density at radius 2 is 0.674 bits per heavy atom. The van der Waals surface area contributed by atoms with Crippen LogP contribution in [-0.2, 0) is 0 Å². The maximum atomic E-state index is 15.0. The molecule has 0 bridgehead atoms. The zero-order chi connectivity index (χ0) is 30.4. The quantitative estimate of drug-likeness (QED) is 0.194. The Balaban J connectivity index is 1.62. The van der Waals surface area contributed by atoms with Gasteiger partial charge in [-0.2, -0.15) is 0 Å². The molecule has 3 aromatic heterocycles. The van der Waals surface area contributed by atoms with Gasteiger partial charge >= 0.3 is 0 Å². The molecule has 0 radical (unpaired) electrons. The molecular formula is C42H26FN3. The lowest BCUT2D eigenvalue weighted by Gasteiger charge is -2.13. The van der Waals surface area contributed by atoms with E-state index in [0.29, 0.717) is 0 Å². The molecule has 0 unspecified atom stereocenters. The van der Waals surface area contributed by atoms with Crippen molar-refractivity contribution in [1.82, 2.24) is 13.7 Å². The second-order valence-corrected chi connectivity index (χ2v) is 11.9. The number of hydrogen-bond acceptors (Lipinski definition) is 0. The predicted molar refractivity (Wildman–Crippen MR) is 189 cm³/mol. The number of benzene rings is 7. The Kier molecular flexibility index (Phi) is 5.17. The van der Waals surface area contributed by atoms with Gasteiger partial charge in [0.25, 0.3) is 0 Å². The second kappa shape index (κ2) is 9.43. The van der Waals surface area contributed by atoms with E-state index in [1.54, 1.807) is 12.1 Å². The lowest BCUT2D eigenvalue weighted by molar-refractivity contribution is 0.627. The number of nitrogens with zero attached hydrogens (tertiary/aromatic N) is 3. The van der Waals surface area contributed by atoms with Crippen LogP contribution in [0.2, 0.25) is 0 Å². The van der Waals surface area contributed by atoms with Gasteiger partial charge in [0.15, 0.2) is 0 Å². The largest absolute Gasteiger partial charge is 0.308 e. The summed E-state index contributed by atoms with van der Waals surface area (Å²) < 4.78 is 22.1. The summed E-state index contributed by atoms with van der Waals surface area (Å²) in [5.41, 5.74) is 9.65. The molecule has 3 nitrogen and oxygen atoms in total. The van der Waals surface area contributed by atoms with E-state index in [1.807, 2.05) is 6.07 Å². The van der Waals surface area contributed by atoms with Crippen LogP contribution in [0.3, 0.4) is 0 Å². The number of hydrogen-bond donors (Lipinski definition) is 0. The van der Waals surface area contributed by atoms with Gasteiger partial charge in [0, 0.05) is 49.4 Å². The van der Waals surface area contributed by atoms with Crippen molar-refractivity contribution in [2.24, 2.45) is 0 Å². The summed E-state index contributed by atoms with van der Waals surface area (Å²) in [6.07, 6.45) is 0. The van der Waals surface area contributed by atoms with Crippen LogP contribution in [0.4, 0.5) is 4.39 Å². The van der Waals surface area contributed by atoms with Gasteiger partial charge in [0.05, 0.1) is 33.1 Å². The molecule has 0 spiro atoms. The van der Waals surface area contributed by atoms with E-state index < -0.39 is 0 Å². The normalized spacial score (nSPS) is 12.0. The van der Waals surface area contributed by atoms with E-state index in [2.05, 4.69) is 147 Å². The van der Waals surface area contributed by atoms with Gasteiger partial charge in [-0.1, -0.05) is 97.1 Å². The minimum absolute atomic E-state index is 0.258. The first-order chi connectivity index (χ1) is 22.8. The Morgan fingerprint density at radius 1 is 0.326 bits per heavy atom. The molecule has 0 aliphatic rings. The third-order valence-electron chi connectivity index (χ3n) is 9.43. The highest BCUT2D eigenvalue weighted by Crippen LogP contribution is 2.50. The maximum Gasteiger partial charge on any atom is 0.125 e. The van der Waals surface area contributed by atoms with Crippen molar-refractivity contribution in [1.29, 1.82) is 0 Å². The number of aromatic nitrogens is 3. The number of rotatable bonds is 3. The zero-order valence-electron chi connectivity index (χ0n) is 24.7. The lowest BCUT2D eigenvalue weighted by Crippen LogP contribution is -1.98. The van der Waals surface area contributed by atoms with Gasteiger partial charge in [-0.3, -0.25) is 0 Å². The van der Waals surface area contributed by atoms with Crippen LogP contribution in [0.5, 0.6) is 0 Å². The number of para-hydroxylation sites is 5. The van der Waals surface area contributed by atoms with Crippen LogP contribution in [0, 0.1) is 5.82 Å². The second-order valence-electron chi connectivity index (χ2n) is 11.9. The Labute approximate surface area is 263 Å². The molecule has 10 aromatic rings. The molecule has 0 saturated heterocycles. The molecule has 0 N–H and O–H groups in total. The van der Waals surface area contributed by atoms with Crippen molar-refractivity contribution in [3.8, 4) is 17.1 Å². The third-order valence-corrected chi connectivity index (χ3v) is 9.43. The fourth-order valence-electron chi connectivity index (χ4n) is 7.72. The van der Waals surface area contributed by atoms with Gasteiger partial charge in [0.2, 0.25) is 0 Å². The monoisotopic (exact) mass is 591 g/mol. The Hall–Kier alpha value is -6.13. The first-order valence-corrected chi connectivity index (χ1v) is 15.6. The molecule has 0 aliphatic heterocycles. The highest BCUT2D eigenvalue weighted by Gasteiger charge is 2.28. The van der Waals surface area contributed by atoms with E-state index in [9.17, 15) is 0 Å². The van der Waals surface area contributed by atoms with Crippen molar-refractivity contribution >= 4 is 65.4 Å². The average molecular weight is 592 g/mol. The lowest BCUT2D eigenvalue weighted by atomic mass is 10.0. The van der Waals surface area contributed by atoms with Crippen LogP contribution in [0.25, 0.3) is 82.5 Å². The summed E-state index contributed by atoms with van der Waals surface area (Å²) in [4.78, 5) is 0. The van der Waals surface area contributed by atoms with E-state index >= 15 is 4.39 Å². The molecule has 0 fully saturated rings. The van der Waals surface area contributed by atoms with Gasteiger partial charge in [0.1, 0.15) is 5.82 Å². The van der Waals surface area contributed by atoms with Gasteiger partial charge in [-0.05, 0) is 60.7 Å². The van der Waals surface area contributed by atoms with Crippen LogP contribution >= 0.6 is 0 Å². The van der Waals surface area contributed by atoms with Crippen molar-refractivity contribution in [2.75, 3.05) is 0 Å². The first-order valence-electron chi connectivity index (χ1n) is 15.6. The summed E-state index contributed by atoms with van der Waals surface area (Å²) >= 11 is 0. The predicted octanol–water partition coefficient (Wildman–Crippen LogP) is 11.1. The van der Waals surface area contributed by atoms with Gasteiger partial charge < -0.3 is 13.7 Å². The number of halogens is 1. The molecule has 216 valence electrons. The molecule has 10 rings (SSSR count). The van der Waals surface area contributed by atoms with E-state index in [1.165, 1.54) is 16.8 Å². The van der Waals surface area contributed by atoms with E-state index in [-0.39, 0.29) is 5.82 Å². The summed E-state index contributed by atoms with van der Waals surface area (Å²) in [5.74, 6) is -0.258. The van der Waals surface area contributed by atoms with Crippen LogP contribution in [0.1, 0.15) is 0 Å². The highest BCUT2D eigenvalue weighted by molar-refractivity contribution is 6.40. The molecule has 3 heterocycles. The van der Waals surface area contributed by atoms with E-state index in [0.717, 1.165) is 71.7 Å². The molecule has 0 saturated carbocycles. The zero-order valence-corrected chi connectivity index (χ0v) is 24.7. The summed E-state index contributed by atoms with van der Waals surface area (Å²) in [6, 6.07) is 54.2. The van der Waals surface area contributed by atoms with Crippen LogP contribution < -0.4 is 0 Å². The van der Waals surface area contributed by atoms with Crippen LogP contribution in [-0.4, -0.2) is 13.7 Å². The standard InChI is InChI=1S/C42H26FN3/c43-27-14-13-19-30(26-27)46-36-25-12-9-22-33(36)39-41-37(31-20-7-10-23-34(31)44(41)28-15-3-1-4-16-28)40-38(42(39)46)32-21-8-11-24-35(32)45(40)29-17-5-2-6-18-29/h1-26H. The van der Waals surface area contributed by atoms with Crippen molar-refractivity contribution < 1.29 is 4.39 Å². The molecule has 4 heteroatoms. The molecule has 0 atom stereocenters. The molecular weight excluding hydrogens is 565 g/mol. The summed E-state index contributed by atoms with van der Waals surface area (Å²) in [5, 5.41) is 6.98. The van der Waals surface area contributed by atoms with Crippen LogP contribution in [0.15, 0.2) is 158 Å². The Morgan fingerprint density at radius 3 is 1.09 bits per heavy atom. The molecule has 7 aromatic carbocycles. The number of fused-ring (bicyclic) bond motifs is 12. The third kappa shape index (κ3) is 3.30. The van der Waals surface area contributed by atoms with E-state index in [4.69, 9.17) is 0 Å². The van der Waals surface area contributed by atoms with Gasteiger partial charge in [-0.25, -0.2) is 4.39 Å². The summed E-state index contributed by atoms with van der Waals surface area (Å²) in [6.45, 7) is 0. The van der Waals surface area contributed by atoms with Crippen molar-refractivity contribution in [3.63, 3.8) is 0 Å². The SMILES string of the molecule is Fc1cccc(-n2c3ccccc3c3c4c(c5ccccc5n4-c4ccccc4)c4c(c5ccccc5n4-c4ccccc4)c32)c1.